The van der Waals surface area contributed by atoms with Crippen LogP contribution in [0.1, 0.15) is 6.92 Å². The van der Waals surface area contributed by atoms with E-state index in [4.69, 9.17) is 0 Å². The molecule has 90 valence electrons. The third kappa shape index (κ3) is 3.26. The molecule has 1 N–H and O–H groups in total. The summed E-state index contributed by atoms with van der Waals surface area (Å²) in [7, 11) is 0. The maximum Gasteiger partial charge on any atom is 0.299 e. The van der Waals surface area contributed by atoms with E-state index >= 15 is 0 Å². The van der Waals surface area contributed by atoms with Crippen LogP contribution in [0.25, 0.3) is 0 Å². The normalized spacial score (nSPS) is 10.4. The predicted molar refractivity (Wildman–Crippen MR) is 63.1 cm³/mol. The number of nitro groups is 2. The molecule has 0 unspecified atom stereocenters. The fourth-order valence-corrected chi connectivity index (χ4v) is 1.22. The molecule has 0 spiro atoms. The van der Waals surface area contributed by atoms with E-state index in [9.17, 15) is 20.2 Å². The minimum Gasteiger partial charge on any atom is -0.376 e. The Bertz CT molecular complexity index is 471. The van der Waals surface area contributed by atoms with E-state index in [0.717, 1.165) is 6.07 Å². The standard InChI is InChI=1S/C10H11N3O4/c1-2-3-6-11-9-5-4-8(12(14)15)7-10(9)13(16)17/h2-5,7,11H,6H2,1H3. The number of anilines is 1. The van der Waals surface area contributed by atoms with Crippen molar-refractivity contribution in [1.82, 2.24) is 0 Å². The quantitative estimate of drug-likeness (QED) is 0.482. The van der Waals surface area contributed by atoms with Gasteiger partial charge in [0.15, 0.2) is 0 Å². The van der Waals surface area contributed by atoms with Gasteiger partial charge in [0.1, 0.15) is 5.69 Å². The van der Waals surface area contributed by atoms with Gasteiger partial charge in [-0.05, 0) is 13.0 Å². The lowest BCUT2D eigenvalue weighted by Gasteiger charge is -2.03. The Balaban J connectivity index is 3.04. The number of nitrogens with zero attached hydrogens (tertiary/aromatic N) is 2. The highest BCUT2D eigenvalue weighted by Crippen LogP contribution is 2.28. The molecule has 1 rings (SSSR count). The molecule has 7 heteroatoms. The van der Waals surface area contributed by atoms with Gasteiger partial charge in [-0.2, -0.15) is 0 Å². The van der Waals surface area contributed by atoms with Gasteiger partial charge in [-0.3, -0.25) is 20.2 Å². The van der Waals surface area contributed by atoms with Crippen molar-refractivity contribution in [2.24, 2.45) is 0 Å². The molecule has 0 heterocycles. The first-order valence-electron chi connectivity index (χ1n) is 4.84. The average Bonchev–Trinajstić information content (AvgIpc) is 2.29. The molecule has 1 aromatic carbocycles. The van der Waals surface area contributed by atoms with Gasteiger partial charge in [0.05, 0.1) is 15.9 Å². The second-order valence-corrected chi connectivity index (χ2v) is 3.17. The van der Waals surface area contributed by atoms with Crippen molar-refractivity contribution < 1.29 is 9.85 Å². The van der Waals surface area contributed by atoms with Crippen molar-refractivity contribution in [3.05, 3.63) is 50.6 Å². The predicted octanol–water partition coefficient (Wildman–Crippen LogP) is 2.49. The molecule has 0 amide bonds. The van der Waals surface area contributed by atoms with E-state index in [1.165, 1.54) is 12.1 Å². The van der Waals surface area contributed by atoms with Crippen LogP contribution in [-0.4, -0.2) is 16.4 Å². The molecule has 0 saturated carbocycles. The van der Waals surface area contributed by atoms with E-state index in [-0.39, 0.29) is 17.1 Å². The number of hydrogen-bond donors (Lipinski definition) is 1. The zero-order chi connectivity index (χ0) is 12.8. The van der Waals surface area contributed by atoms with Gasteiger partial charge in [-0.1, -0.05) is 12.2 Å². The summed E-state index contributed by atoms with van der Waals surface area (Å²) in [5, 5.41) is 24.1. The summed E-state index contributed by atoms with van der Waals surface area (Å²) in [5.41, 5.74) is -0.337. The SMILES string of the molecule is CC=CCNc1ccc([N+](=O)[O-])cc1[N+](=O)[O-]. The first kappa shape index (κ1) is 12.6. The smallest absolute Gasteiger partial charge is 0.299 e. The van der Waals surface area contributed by atoms with Crippen molar-refractivity contribution in [2.75, 3.05) is 11.9 Å². The third-order valence-corrected chi connectivity index (χ3v) is 2.03. The number of hydrogen-bond acceptors (Lipinski definition) is 5. The van der Waals surface area contributed by atoms with Gasteiger partial charge >= 0.3 is 0 Å². The first-order chi connectivity index (χ1) is 8.06. The van der Waals surface area contributed by atoms with Crippen molar-refractivity contribution in [2.45, 2.75) is 6.92 Å². The molecule has 0 bridgehead atoms. The molecule has 0 aliphatic heterocycles. The number of benzene rings is 1. The van der Waals surface area contributed by atoms with Crippen LogP contribution in [0.5, 0.6) is 0 Å². The number of allylic oxidation sites excluding steroid dienone is 1. The zero-order valence-corrected chi connectivity index (χ0v) is 9.12. The Morgan fingerprint density at radius 1 is 1.29 bits per heavy atom. The second-order valence-electron chi connectivity index (χ2n) is 3.17. The highest BCUT2D eigenvalue weighted by atomic mass is 16.6. The number of nitrogens with one attached hydrogen (secondary N) is 1. The molecular formula is C10H11N3O4. The molecule has 0 aromatic heterocycles. The molecule has 0 saturated heterocycles. The number of nitro benzene ring substituents is 2. The van der Waals surface area contributed by atoms with E-state index in [1.807, 2.05) is 6.92 Å². The fourth-order valence-electron chi connectivity index (χ4n) is 1.22. The van der Waals surface area contributed by atoms with Crippen LogP contribution in [0.15, 0.2) is 30.4 Å². The third-order valence-electron chi connectivity index (χ3n) is 2.03. The van der Waals surface area contributed by atoms with Crippen LogP contribution in [0.4, 0.5) is 17.1 Å². The topological polar surface area (TPSA) is 98.3 Å². The summed E-state index contributed by atoms with van der Waals surface area (Å²) in [6.45, 7) is 2.25. The molecular weight excluding hydrogens is 226 g/mol. The largest absolute Gasteiger partial charge is 0.376 e. The maximum absolute atomic E-state index is 10.8. The monoisotopic (exact) mass is 237 g/mol. The summed E-state index contributed by atoms with van der Waals surface area (Å²) >= 11 is 0. The van der Waals surface area contributed by atoms with Crippen LogP contribution in [-0.2, 0) is 0 Å². The Morgan fingerprint density at radius 3 is 2.53 bits per heavy atom. The Morgan fingerprint density at radius 2 is 2.00 bits per heavy atom. The summed E-state index contributed by atoms with van der Waals surface area (Å²) in [6.07, 6.45) is 3.58. The van der Waals surface area contributed by atoms with Gasteiger partial charge in [-0.15, -0.1) is 0 Å². The van der Waals surface area contributed by atoms with E-state index < -0.39 is 9.85 Å². The summed E-state index contributed by atoms with van der Waals surface area (Å²) in [5.74, 6) is 0. The van der Waals surface area contributed by atoms with Crippen LogP contribution < -0.4 is 5.32 Å². The molecule has 0 fully saturated rings. The van der Waals surface area contributed by atoms with Crippen LogP contribution in [0.2, 0.25) is 0 Å². The zero-order valence-electron chi connectivity index (χ0n) is 9.12. The lowest BCUT2D eigenvalue weighted by molar-refractivity contribution is -0.393. The molecule has 17 heavy (non-hydrogen) atoms. The summed E-state index contributed by atoms with van der Waals surface area (Å²) in [6, 6.07) is 3.50. The van der Waals surface area contributed by atoms with E-state index in [1.54, 1.807) is 12.2 Å². The minimum absolute atomic E-state index is 0.263. The molecule has 7 nitrogen and oxygen atoms in total. The van der Waals surface area contributed by atoms with Gasteiger partial charge in [0.25, 0.3) is 11.4 Å². The van der Waals surface area contributed by atoms with Crippen LogP contribution in [0.3, 0.4) is 0 Å². The van der Waals surface area contributed by atoms with Crippen molar-refractivity contribution in [3.8, 4) is 0 Å². The molecule has 0 aliphatic rings. The average molecular weight is 237 g/mol. The van der Waals surface area contributed by atoms with Crippen molar-refractivity contribution in [1.29, 1.82) is 0 Å². The Kier molecular flexibility index (Phi) is 4.15. The van der Waals surface area contributed by atoms with E-state index in [0.29, 0.717) is 6.54 Å². The van der Waals surface area contributed by atoms with Gasteiger partial charge in [0, 0.05) is 12.6 Å². The van der Waals surface area contributed by atoms with Gasteiger partial charge in [0.2, 0.25) is 0 Å². The fraction of sp³-hybridized carbons (Fsp3) is 0.200. The lowest BCUT2D eigenvalue weighted by Crippen LogP contribution is -2.02. The number of non-ortho nitro benzene ring substituents is 1. The summed E-state index contributed by atoms with van der Waals surface area (Å²) < 4.78 is 0. The Hall–Kier alpha value is -2.44. The Labute approximate surface area is 97.1 Å². The minimum atomic E-state index is -0.664. The molecule has 0 atom stereocenters. The molecule has 0 aliphatic carbocycles. The summed E-state index contributed by atoms with van der Waals surface area (Å²) in [4.78, 5) is 19.9. The maximum atomic E-state index is 10.8. The van der Waals surface area contributed by atoms with Crippen LogP contribution in [0, 0.1) is 20.2 Å². The van der Waals surface area contributed by atoms with Crippen LogP contribution >= 0.6 is 0 Å². The highest BCUT2D eigenvalue weighted by Gasteiger charge is 2.18. The van der Waals surface area contributed by atoms with Crippen molar-refractivity contribution in [3.63, 3.8) is 0 Å². The van der Waals surface area contributed by atoms with Crippen molar-refractivity contribution >= 4 is 17.1 Å². The lowest BCUT2D eigenvalue weighted by atomic mass is 10.2. The van der Waals surface area contributed by atoms with Gasteiger partial charge < -0.3 is 5.32 Å². The number of rotatable bonds is 5. The van der Waals surface area contributed by atoms with E-state index in [2.05, 4.69) is 5.32 Å². The first-order valence-corrected chi connectivity index (χ1v) is 4.84. The second kappa shape index (κ2) is 5.59. The highest BCUT2D eigenvalue weighted by molar-refractivity contribution is 5.65. The molecule has 0 radical (unpaired) electrons. The molecule has 1 aromatic rings. The van der Waals surface area contributed by atoms with Gasteiger partial charge in [-0.25, -0.2) is 0 Å².